The molecule has 274 valence electrons. The quantitative estimate of drug-likeness (QED) is 0.143. The largest absolute Gasteiger partial charge is 0.481 e. The van der Waals surface area contributed by atoms with Gasteiger partial charge in [0.1, 0.15) is 0 Å². The van der Waals surface area contributed by atoms with Crippen LogP contribution in [-0.4, -0.2) is 113 Å². The van der Waals surface area contributed by atoms with Gasteiger partial charge in [-0.2, -0.15) is 96.6 Å². The highest BCUT2D eigenvalue weighted by Gasteiger charge is 2.96. The maximum absolute atomic E-state index is 14.6. The third kappa shape index (κ3) is 6.82. The SMILES string of the molecule is CN(C)C(CCCN(C(=O)C(F)(F)C(F)(F)F)C(F)(F)C(F)(F)C(F)(F)C(F)(F)C(F)(F)C(F)(F)C(F)(F)C(F)(F)F)CC(=O)O. The van der Waals surface area contributed by atoms with Crippen LogP contribution in [0.1, 0.15) is 19.3 Å². The van der Waals surface area contributed by atoms with Crippen molar-refractivity contribution in [1.29, 1.82) is 0 Å². The minimum atomic E-state index is -9.19. The van der Waals surface area contributed by atoms with E-state index < -0.39 is 108 Å². The average molecular weight is 738 g/mol. The van der Waals surface area contributed by atoms with Crippen molar-refractivity contribution in [1.82, 2.24) is 9.80 Å². The molecule has 0 rings (SSSR count). The minimum Gasteiger partial charge on any atom is -0.481 e. The lowest BCUT2D eigenvalue weighted by atomic mass is 9.90. The summed E-state index contributed by atoms with van der Waals surface area (Å²) < 4.78 is 295. The summed E-state index contributed by atoms with van der Waals surface area (Å²) in [5.74, 6) is -67.4. The Morgan fingerprint density at radius 2 is 0.913 bits per heavy atom. The van der Waals surface area contributed by atoms with E-state index in [2.05, 4.69) is 0 Å². The molecular weight excluding hydrogens is 722 g/mol. The summed E-state index contributed by atoms with van der Waals surface area (Å²) in [6.45, 7) is -2.81. The molecule has 0 spiro atoms. The lowest BCUT2D eigenvalue weighted by molar-refractivity contribution is -0.467. The number of carbonyl (C=O) groups is 2. The van der Waals surface area contributed by atoms with Gasteiger partial charge in [-0.1, -0.05) is 0 Å². The molecule has 0 heterocycles. The summed E-state index contributed by atoms with van der Waals surface area (Å²) in [6, 6.07) is -9.59. The lowest BCUT2D eigenvalue weighted by Gasteiger charge is -2.45. The Hall–Kier alpha value is -2.64. The zero-order valence-corrected chi connectivity index (χ0v) is 21.9. The van der Waals surface area contributed by atoms with Crippen LogP contribution in [0, 0.1) is 0 Å². The van der Waals surface area contributed by atoms with Crippen molar-refractivity contribution >= 4 is 11.9 Å². The third-order valence-electron chi connectivity index (χ3n) is 5.97. The molecule has 0 aliphatic carbocycles. The Morgan fingerprint density at radius 1 is 0.565 bits per heavy atom. The second-order valence-electron chi connectivity index (χ2n) is 9.37. The molecular formula is C19H16F22N2O3. The third-order valence-corrected chi connectivity index (χ3v) is 5.97. The smallest absolute Gasteiger partial charge is 0.463 e. The van der Waals surface area contributed by atoms with E-state index in [1.54, 1.807) is 0 Å². The number of hydrogen-bond acceptors (Lipinski definition) is 3. The van der Waals surface area contributed by atoms with Crippen molar-refractivity contribution in [2.45, 2.75) is 85.2 Å². The molecule has 46 heavy (non-hydrogen) atoms. The molecule has 0 aliphatic heterocycles. The molecule has 1 amide bonds. The van der Waals surface area contributed by atoms with Gasteiger partial charge in [0, 0.05) is 12.6 Å². The Morgan fingerprint density at radius 3 is 1.22 bits per heavy atom. The number of alkyl halides is 22. The Bertz CT molecular complexity index is 1100. The fourth-order valence-corrected chi connectivity index (χ4v) is 3.21. The molecule has 0 aliphatic rings. The van der Waals surface area contributed by atoms with Gasteiger partial charge < -0.3 is 10.0 Å². The van der Waals surface area contributed by atoms with Gasteiger partial charge in [0.15, 0.2) is 0 Å². The van der Waals surface area contributed by atoms with Gasteiger partial charge >= 0.3 is 71.7 Å². The zero-order valence-electron chi connectivity index (χ0n) is 21.9. The Balaban J connectivity index is 7.28. The predicted molar refractivity (Wildman–Crippen MR) is 102 cm³/mol. The molecule has 0 aromatic carbocycles. The summed E-state index contributed by atoms with van der Waals surface area (Å²) in [7, 11) is 1.94. The van der Waals surface area contributed by atoms with Crippen molar-refractivity contribution < 1.29 is 111 Å². The number of carboxylic acid groups (broad SMARTS) is 1. The zero-order chi connectivity index (χ0) is 37.7. The number of rotatable bonds is 15. The van der Waals surface area contributed by atoms with Crippen molar-refractivity contribution in [3.05, 3.63) is 0 Å². The fourth-order valence-electron chi connectivity index (χ4n) is 3.21. The van der Waals surface area contributed by atoms with Crippen LogP contribution in [0.25, 0.3) is 0 Å². The monoisotopic (exact) mass is 738 g/mol. The standard InChI is InChI=1S/C19H16F22N2O3/c1-42(2)7(6-8(44)45)4-3-5-43(9(46)10(20,21)17(34,35)36)19(40,41)16(32,33)14(28,29)12(24,25)11(22,23)13(26,27)15(30,31)18(37,38)39/h7H,3-6H2,1-2H3,(H,44,45). The molecule has 1 atom stereocenters. The van der Waals surface area contributed by atoms with Crippen LogP contribution < -0.4 is 0 Å². The molecule has 0 saturated carbocycles. The van der Waals surface area contributed by atoms with E-state index in [1.165, 1.54) is 0 Å². The number of amides is 1. The van der Waals surface area contributed by atoms with Gasteiger partial charge in [0.05, 0.1) is 6.42 Å². The summed E-state index contributed by atoms with van der Waals surface area (Å²) in [5.41, 5.74) is 0. The number of aliphatic carboxylic acids is 1. The van der Waals surface area contributed by atoms with Crippen LogP contribution >= 0.6 is 0 Å². The number of carboxylic acids is 1. The van der Waals surface area contributed by atoms with Gasteiger partial charge in [-0.3, -0.25) is 14.5 Å². The first-order valence-electron chi connectivity index (χ1n) is 11.1. The molecule has 0 aromatic heterocycles. The normalized spacial score (nSPS) is 16.1. The van der Waals surface area contributed by atoms with Crippen LogP contribution in [0.4, 0.5) is 96.6 Å². The number of halogens is 22. The van der Waals surface area contributed by atoms with Crippen LogP contribution in [0.3, 0.4) is 0 Å². The van der Waals surface area contributed by atoms with Crippen molar-refractivity contribution in [3.8, 4) is 0 Å². The Labute approximate surface area is 240 Å². The van der Waals surface area contributed by atoms with E-state index in [0.717, 1.165) is 19.0 Å². The highest BCUT2D eigenvalue weighted by atomic mass is 19.4. The van der Waals surface area contributed by atoms with E-state index in [-0.39, 0.29) is 0 Å². The molecule has 0 radical (unpaired) electrons. The lowest BCUT2D eigenvalue weighted by Crippen LogP contribution is -2.76. The summed E-state index contributed by atoms with van der Waals surface area (Å²) in [6.07, 6.45) is -19.4. The molecule has 0 fully saturated rings. The fraction of sp³-hybridized carbons (Fsp3) is 0.895. The summed E-state index contributed by atoms with van der Waals surface area (Å²) in [4.78, 5) is 20.4. The van der Waals surface area contributed by atoms with Gasteiger partial charge in [0.2, 0.25) is 0 Å². The van der Waals surface area contributed by atoms with Gasteiger partial charge in [-0.25, -0.2) is 0 Å². The molecule has 27 heteroatoms. The number of carbonyl (C=O) groups excluding carboxylic acids is 1. The molecule has 1 N–H and O–H groups in total. The van der Waals surface area contributed by atoms with E-state index in [0.29, 0.717) is 0 Å². The van der Waals surface area contributed by atoms with Gasteiger partial charge in [0.25, 0.3) is 0 Å². The van der Waals surface area contributed by atoms with E-state index in [1.807, 2.05) is 0 Å². The molecule has 0 aromatic rings. The van der Waals surface area contributed by atoms with Crippen LogP contribution in [0.5, 0.6) is 0 Å². The van der Waals surface area contributed by atoms with Crippen LogP contribution in [0.2, 0.25) is 0 Å². The number of nitrogens with zero attached hydrogens (tertiary/aromatic N) is 2. The Kier molecular flexibility index (Phi) is 11.7. The minimum absolute atomic E-state index is 0.824. The van der Waals surface area contributed by atoms with E-state index in [9.17, 15) is 106 Å². The highest BCUT2D eigenvalue weighted by Crippen LogP contribution is 2.64. The van der Waals surface area contributed by atoms with Crippen LogP contribution in [0.15, 0.2) is 0 Å². The highest BCUT2D eigenvalue weighted by molar-refractivity contribution is 5.85. The van der Waals surface area contributed by atoms with Gasteiger partial charge in [-0.05, 0) is 26.9 Å². The van der Waals surface area contributed by atoms with Crippen LogP contribution in [-0.2, 0) is 9.59 Å². The van der Waals surface area contributed by atoms with E-state index >= 15 is 0 Å². The second kappa shape index (κ2) is 12.4. The summed E-state index contributed by atoms with van der Waals surface area (Å²) in [5, 5.41) is 8.73. The summed E-state index contributed by atoms with van der Waals surface area (Å²) >= 11 is 0. The average Bonchev–Trinajstić information content (AvgIpc) is 2.82. The number of hydrogen-bond donors (Lipinski definition) is 1. The molecule has 0 saturated heterocycles. The first-order chi connectivity index (χ1) is 19.8. The molecule has 1 unspecified atom stereocenters. The maximum Gasteiger partial charge on any atom is 0.463 e. The first kappa shape index (κ1) is 43.4. The molecule has 5 nitrogen and oxygen atoms in total. The van der Waals surface area contributed by atoms with Gasteiger partial charge in [-0.15, -0.1) is 0 Å². The second-order valence-corrected chi connectivity index (χ2v) is 9.37. The van der Waals surface area contributed by atoms with Crippen molar-refractivity contribution in [2.24, 2.45) is 0 Å². The topological polar surface area (TPSA) is 60.9 Å². The van der Waals surface area contributed by atoms with Crippen molar-refractivity contribution in [3.63, 3.8) is 0 Å². The first-order valence-corrected chi connectivity index (χ1v) is 11.1. The van der Waals surface area contributed by atoms with Crippen molar-refractivity contribution in [2.75, 3.05) is 20.6 Å². The predicted octanol–water partition coefficient (Wildman–Crippen LogP) is 7.16. The van der Waals surface area contributed by atoms with E-state index in [4.69, 9.17) is 5.11 Å². The maximum atomic E-state index is 14.6. The molecule has 0 bridgehead atoms.